The zero-order valence-electron chi connectivity index (χ0n) is 10.8. The third-order valence-electron chi connectivity index (χ3n) is 3.07. The average Bonchev–Trinajstić information content (AvgIpc) is 2.22. The van der Waals surface area contributed by atoms with Gasteiger partial charge in [-0.25, -0.2) is 0 Å². The summed E-state index contributed by atoms with van der Waals surface area (Å²) >= 11 is 0. The Bertz CT molecular complexity index is 234. The predicted octanol–water partition coefficient (Wildman–Crippen LogP) is 2.82. The second kappa shape index (κ2) is 7.42. The number of ketones is 1. The van der Waals surface area contributed by atoms with E-state index >= 15 is 0 Å². The maximum absolute atomic E-state index is 11.7. The van der Waals surface area contributed by atoms with Crippen LogP contribution in [-0.2, 0) is 9.59 Å². The fraction of sp³-hybridized carbons (Fsp3) is 0.846. The first-order valence-electron chi connectivity index (χ1n) is 6.26. The van der Waals surface area contributed by atoms with Crippen molar-refractivity contribution in [2.45, 2.75) is 65.7 Å². The highest BCUT2D eigenvalue weighted by atomic mass is 16.2. The Morgan fingerprint density at radius 1 is 1.00 bits per heavy atom. The summed E-state index contributed by atoms with van der Waals surface area (Å²) < 4.78 is 0. The van der Waals surface area contributed by atoms with Crippen LogP contribution < -0.4 is 5.73 Å². The van der Waals surface area contributed by atoms with Crippen LogP contribution in [0.4, 0.5) is 0 Å². The molecule has 0 radical (unpaired) electrons. The molecule has 1 amide bonds. The van der Waals surface area contributed by atoms with E-state index in [2.05, 4.69) is 6.92 Å². The Labute approximate surface area is 98.8 Å². The topological polar surface area (TPSA) is 60.2 Å². The highest BCUT2D eigenvalue weighted by molar-refractivity contribution is 6.04. The summed E-state index contributed by atoms with van der Waals surface area (Å²) in [5.41, 5.74) is 4.18. The summed E-state index contributed by atoms with van der Waals surface area (Å²) in [6.07, 6.45) is 7.33. The van der Waals surface area contributed by atoms with Crippen LogP contribution in [0.5, 0.6) is 0 Å². The normalized spacial score (nSPS) is 11.4. The SMILES string of the molecule is CCCCCCCCC(=O)C(C)(C)C(N)=O. The Morgan fingerprint density at radius 3 is 2.00 bits per heavy atom. The molecule has 0 aromatic rings. The van der Waals surface area contributed by atoms with Crippen molar-refractivity contribution in [3.63, 3.8) is 0 Å². The van der Waals surface area contributed by atoms with Crippen LogP contribution >= 0.6 is 0 Å². The molecule has 3 heteroatoms. The number of carbonyl (C=O) groups is 2. The fourth-order valence-corrected chi connectivity index (χ4v) is 1.52. The predicted molar refractivity (Wildman–Crippen MR) is 66.0 cm³/mol. The van der Waals surface area contributed by atoms with Crippen LogP contribution in [0.3, 0.4) is 0 Å². The number of carbonyl (C=O) groups excluding carboxylic acids is 2. The van der Waals surface area contributed by atoms with Gasteiger partial charge in [-0.1, -0.05) is 39.0 Å². The number of primary amides is 1. The molecule has 0 atom stereocenters. The minimum absolute atomic E-state index is 0.0320. The molecule has 0 aliphatic rings. The second-order valence-corrected chi connectivity index (χ2v) is 4.93. The zero-order chi connectivity index (χ0) is 12.6. The number of amides is 1. The largest absolute Gasteiger partial charge is 0.369 e. The van der Waals surface area contributed by atoms with Gasteiger partial charge in [-0.15, -0.1) is 0 Å². The van der Waals surface area contributed by atoms with Crippen molar-refractivity contribution in [1.29, 1.82) is 0 Å². The molecule has 0 aromatic heterocycles. The van der Waals surface area contributed by atoms with Crippen molar-refractivity contribution in [1.82, 2.24) is 0 Å². The lowest BCUT2D eigenvalue weighted by molar-refractivity contribution is -0.138. The molecular weight excluding hydrogens is 202 g/mol. The highest BCUT2D eigenvalue weighted by Crippen LogP contribution is 2.19. The van der Waals surface area contributed by atoms with Gasteiger partial charge < -0.3 is 5.73 Å². The summed E-state index contributed by atoms with van der Waals surface area (Å²) in [7, 11) is 0. The molecular formula is C13H25NO2. The van der Waals surface area contributed by atoms with Crippen LogP contribution in [0.2, 0.25) is 0 Å². The van der Waals surface area contributed by atoms with Gasteiger partial charge in [-0.3, -0.25) is 9.59 Å². The van der Waals surface area contributed by atoms with Crippen LogP contribution in [-0.4, -0.2) is 11.7 Å². The molecule has 0 spiro atoms. The van der Waals surface area contributed by atoms with Crippen molar-refractivity contribution in [3.8, 4) is 0 Å². The summed E-state index contributed by atoms with van der Waals surface area (Å²) in [5.74, 6) is -0.557. The van der Waals surface area contributed by atoms with E-state index in [9.17, 15) is 9.59 Å². The molecule has 0 aliphatic heterocycles. The van der Waals surface area contributed by atoms with E-state index in [0.29, 0.717) is 6.42 Å². The molecule has 0 rings (SSSR count). The first kappa shape index (κ1) is 15.1. The summed E-state index contributed by atoms with van der Waals surface area (Å²) in [5, 5.41) is 0. The van der Waals surface area contributed by atoms with Crippen LogP contribution in [0.1, 0.15) is 65.7 Å². The van der Waals surface area contributed by atoms with E-state index in [-0.39, 0.29) is 5.78 Å². The van der Waals surface area contributed by atoms with Crippen molar-refractivity contribution >= 4 is 11.7 Å². The van der Waals surface area contributed by atoms with E-state index in [1.165, 1.54) is 25.7 Å². The third-order valence-corrected chi connectivity index (χ3v) is 3.07. The van der Waals surface area contributed by atoms with Gasteiger partial charge >= 0.3 is 0 Å². The van der Waals surface area contributed by atoms with Crippen molar-refractivity contribution in [3.05, 3.63) is 0 Å². The Kier molecular flexibility index (Phi) is 7.02. The Hall–Kier alpha value is -0.860. The van der Waals surface area contributed by atoms with Gasteiger partial charge in [0.15, 0.2) is 0 Å². The van der Waals surface area contributed by atoms with Crippen molar-refractivity contribution in [2.75, 3.05) is 0 Å². The van der Waals surface area contributed by atoms with Gasteiger partial charge in [0.05, 0.1) is 0 Å². The molecule has 2 N–H and O–H groups in total. The van der Waals surface area contributed by atoms with Crippen LogP contribution in [0.25, 0.3) is 0 Å². The van der Waals surface area contributed by atoms with Gasteiger partial charge in [0.25, 0.3) is 0 Å². The minimum Gasteiger partial charge on any atom is -0.369 e. The lowest BCUT2D eigenvalue weighted by Gasteiger charge is -2.18. The molecule has 0 aromatic carbocycles. The fourth-order valence-electron chi connectivity index (χ4n) is 1.52. The number of nitrogens with two attached hydrogens (primary N) is 1. The lowest BCUT2D eigenvalue weighted by atomic mass is 9.84. The third kappa shape index (κ3) is 5.29. The average molecular weight is 227 g/mol. The van der Waals surface area contributed by atoms with Crippen molar-refractivity contribution in [2.24, 2.45) is 11.1 Å². The van der Waals surface area contributed by atoms with Gasteiger partial charge in [0.1, 0.15) is 11.2 Å². The first-order valence-corrected chi connectivity index (χ1v) is 6.26. The molecule has 94 valence electrons. The highest BCUT2D eigenvalue weighted by Gasteiger charge is 2.32. The smallest absolute Gasteiger partial charge is 0.230 e. The van der Waals surface area contributed by atoms with Gasteiger partial charge in [-0.2, -0.15) is 0 Å². The standard InChI is InChI=1S/C13H25NO2/c1-4-5-6-7-8-9-10-11(15)13(2,3)12(14)16/h4-10H2,1-3H3,(H2,14,16). The maximum atomic E-state index is 11.7. The Morgan fingerprint density at radius 2 is 1.50 bits per heavy atom. The number of hydrogen-bond acceptors (Lipinski definition) is 2. The monoisotopic (exact) mass is 227 g/mol. The summed E-state index contributed by atoms with van der Waals surface area (Å²) in [4.78, 5) is 22.7. The molecule has 0 heterocycles. The molecule has 16 heavy (non-hydrogen) atoms. The number of unbranched alkanes of at least 4 members (excludes halogenated alkanes) is 5. The quantitative estimate of drug-likeness (QED) is 0.486. The van der Waals surface area contributed by atoms with E-state index in [1.54, 1.807) is 13.8 Å². The van der Waals surface area contributed by atoms with Gasteiger partial charge in [-0.05, 0) is 20.3 Å². The first-order chi connectivity index (χ1) is 7.42. The van der Waals surface area contributed by atoms with Crippen LogP contribution in [0, 0.1) is 5.41 Å². The van der Waals surface area contributed by atoms with E-state index in [4.69, 9.17) is 5.73 Å². The zero-order valence-corrected chi connectivity index (χ0v) is 10.8. The molecule has 0 bridgehead atoms. The molecule has 3 nitrogen and oxygen atoms in total. The maximum Gasteiger partial charge on any atom is 0.230 e. The van der Waals surface area contributed by atoms with Gasteiger partial charge in [0, 0.05) is 6.42 Å². The second-order valence-electron chi connectivity index (χ2n) is 4.93. The Balaban J connectivity index is 3.70. The number of hydrogen-bond donors (Lipinski definition) is 1. The lowest BCUT2D eigenvalue weighted by Crippen LogP contribution is -2.38. The number of rotatable bonds is 9. The molecule has 0 saturated carbocycles. The molecule has 0 fully saturated rings. The van der Waals surface area contributed by atoms with Crippen molar-refractivity contribution < 1.29 is 9.59 Å². The summed E-state index contributed by atoms with van der Waals surface area (Å²) in [6.45, 7) is 5.39. The van der Waals surface area contributed by atoms with E-state index < -0.39 is 11.3 Å². The molecule has 0 aliphatic carbocycles. The van der Waals surface area contributed by atoms with E-state index in [0.717, 1.165) is 12.8 Å². The summed E-state index contributed by atoms with van der Waals surface area (Å²) in [6, 6.07) is 0. The van der Waals surface area contributed by atoms with Crippen LogP contribution in [0.15, 0.2) is 0 Å². The minimum atomic E-state index is -0.997. The van der Waals surface area contributed by atoms with E-state index in [1.807, 2.05) is 0 Å². The molecule has 0 unspecified atom stereocenters. The number of Topliss-reactive ketones (excluding diaryl/α,β-unsaturated/α-hetero) is 1. The molecule has 0 saturated heterocycles. The van der Waals surface area contributed by atoms with Gasteiger partial charge in [0.2, 0.25) is 5.91 Å².